The summed E-state index contributed by atoms with van der Waals surface area (Å²) < 4.78 is 5.27. The van der Waals surface area contributed by atoms with Crippen LogP contribution in [0, 0.1) is 5.92 Å². The lowest BCUT2D eigenvalue weighted by atomic mass is 10.0. The van der Waals surface area contributed by atoms with Gasteiger partial charge >= 0.3 is 5.97 Å². The van der Waals surface area contributed by atoms with Gasteiger partial charge in [0.15, 0.2) is 12.4 Å². The van der Waals surface area contributed by atoms with Crippen molar-refractivity contribution in [2.75, 3.05) is 13.2 Å². The second-order valence-corrected chi connectivity index (χ2v) is 8.63. The van der Waals surface area contributed by atoms with Gasteiger partial charge in [0.25, 0.3) is 11.8 Å². The highest BCUT2D eigenvalue weighted by molar-refractivity contribution is 6.22. The number of amides is 3. The minimum absolute atomic E-state index is 0.00241. The Morgan fingerprint density at radius 2 is 1.53 bits per heavy atom. The molecule has 1 heterocycles. The largest absolute Gasteiger partial charge is 0.456 e. The van der Waals surface area contributed by atoms with E-state index in [1.54, 1.807) is 48.5 Å². The number of hydrogen-bond donors (Lipinski definition) is 1. The van der Waals surface area contributed by atoms with E-state index in [9.17, 15) is 24.0 Å². The number of benzene rings is 2. The smallest absolute Gasteiger partial charge is 0.329 e. The number of ether oxygens (including phenoxy) is 1. The number of nitrogens with zero attached hydrogens (tertiary/aromatic N) is 1. The number of esters is 1. The molecule has 0 saturated carbocycles. The fourth-order valence-corrected chi connectivity index (χ4v) is 3.80. The molecule has 0 radical (unpaired) electrons. The van der Waals surface area contributed by atoms with E-state index in [2.05, 4.69) is 5.32 Å². The van der Waals surface area contributed by atoms with Crippen LogP contribution in [-0.2, 0) is 20.7 Å². The van der Waals surface area contributed by atoms with E-state index < -0.39 is 36.2 Å². The van der Waals surface area contributed by atoms with E-state index >= 15 is 0 Å². The van der Waals surface area contributed by atoms with E-state index in [-0.39, 0.29) is 29.4 Å². The fourth-order valence-electron chi connectivity index (χ4n) is 3.80. The van der Waals surface area contributed by atoms with Gasteiger partial charge < -0.3 is 10.1 Å². The maximum absolute atomic E-state index is 12.9. The Hall–Kier alpha value is -3.81. The Labute approximate surface area is 198 Å². The van der Waals surface area contributed by atoms with Crippen LogP contribution in [0.3, 0.4) is 0 Å². The lowest BCUT2D eigenvalue weighted by Gasteiger charge is -2.25. The van der Waals surface area contributed by atoms with E-state index in [0.717, 1.165) is 10.5 Å². The van der Waals surface area contributed by atoms with Crippen molar-refractivity contribution in [1.82, 2.24) is 10.2 Å². The average molecular weight is 465 g/mol. The second-order valence-electron chi connectivity index (χ2n) is 8.63. The molecule has 1 N–H and O–H groups in total. The molecule has 1 aliphatic heterocycles. The first-order valence-electron chi connectivity index (χ1n) is 11.2. The van der Waals surface area contributed by atoms with Crippen LogP contribution in [-0.4, -0.2) is 53.6 Å². The molecule has 178 valence electrons. The van der Waals surface area contributed by atoms with Crippen molar-refractivity contribution < 1.29 is 28.7 Å². The average Bonchev–Trinajstić information content (AvgIpc) is 3.06. The molecule has 0 spiro atoms. The van der Waals surface area contributed by atoms with Gasteiger partial charge in [-0.3, -0.25) is 24.1 Å². The molecule has 8 nitrogen and oxygen atoms in total. The number of hydrogen-bond acceptors (Lipinski definition) is 6. The zero-order valence-corrected chi connectivity index (χ0v) is 19.5. The van der Waals surface area contributed by atoms with Crippen LogP contribution in [0.2, 0.25) is 0 Å². The summed E-state index contributed by atoms with van der Waals surface area (Å²) in [5.41, 5.74) is 1.83. The van der Waals surface area contributed by atoms with Crippen LogP contribution in [0.1, 0.15) is 63.8 Å². The molecule has 1 atom stereocenters. The predicted octanol–water partition coefficient (Wildman–Crippen LogP) is 2.80. The van der Waals surface area contributed by atoms with Gasteiger partial charge in [0.2, 0.25) is 5.91 Å². The van der Waals surface area contributed by atoms with E-state index in [0.29, 0.717) is 18.5 Å². The van der Waals surface area contributed by atoms with Crippen molar-refractivity contribution in [3.63, 3.8) is 0 Å². The quantitative estimate of drug-likeness (QED) is 0.329. The Balaban J connectivity index is 1.64. The molecule has 2 aromatic rings. The van der Waals surface area contributed by atoms with Crippen LogP contribution in [0.15, 0.2) is 48.5 Å². The monoisotopic (exact) mass is 464 g/mol. The van der Waals surface area contributed by atoms with E-state index in [1.807, 2.05) is 13.8 Å². The molecule has 0 aliphatic carbocycles. The first-order chi connectivity index (χ1) is 16.2. The third kappa shape index (κ3) is 5.75. The fraction of sp³-hybridized carbons (Fsp3) is 0.346. The van der Waals surface area contributed by atoms with Gasteiger partial charge in [0.05, 0.1) is 11.1 Å². The Bertz CT molecular complexity index is 1070. The Morgan fingerprint density at radius 3 is 2.06 bits per heavy atom. The zero-order valence-electron chi connectivity index (χ0n) is 19.5. The predicted molar refractivity (Wildman–Crippen MR) is 124 cm³/mol. The number of imide groups is 1. The molecule has 0 bridgehead atoms. The normalized spacial score (nSPS) is 13.6. The molecule has 0 saturated heterocycles. The van der Waals surface area contributed by atoms with Gasteiger partial charge in [-0.1, -0.05) is 50.2 Å². The van der Waals surface area contributed by atoms with Gasteiger partial charge in [-0.25, -0.2) is 4.79 Å². The summed E-state index contributed by atoms with van der Waals surface area (Å²) in [6, 6.07) is 12.1. The first kappa shape index (κ1) is 24.8. The molecule has 34 heavy (non-hydrogen) atoms. The zero-order chi connectivity index (χ0) is 24.8. The number of carbonyl (C=O) groups is 5. The summed E-state index contributed by atoms with van der Waals surface area (Å²) in [5, 5.41) is 2.71. The van der Waals surface area contributed by atoms with Crippen LogP contribution in [0.4, 0.5) is 0 Å². The number of rotatable bonds is 10. The summed E-state index contributed by atoms with van der Waals surface area (Å²) in [5.74, 6) is -2.36. The molecule has 0 unspecified atom stereocenters. The van der Waals surface area contributed by atoms with E-state index in [4.69, 9.17) is 4.74 Å². The maximum Gasteiger partial charge on any atom is 0.329 e. The Morgan fingerprint density at radius 1 is 0.941 bits per heavy atom. The molecular weight excluding hydrogens is 436 g/mol. The van der Waals surface area contributed by atoms with Crippen LogP contribution >= 0.6 is 0 Å². The van der Waals surface area contributed by atoms with Crippen molar-refractivity contribution in [2.24, 2.45) is 5.92 Å². The summed E-state index contributed by atoms with van der Waals surface area (Å²) in [6.45, 7) is 5.19. The summed E-state index contributed by atoms with van der Waals surface area (Å²) in [6.07, 6.45) is 0.849. The lowest BCUT2D eigenvalue weighted by Crippen LogP contribution is -2.46. The highest BCUT2D eigenvalue weighted by Crippen LogP contribution is 2.27. The molecule has 2 aromatic carbocycles. The molecule has 3 amide bonds. The summed E-state index contributed by atoms with van der Waals surface area (Å²) in [4.78, 5) is 63.1. The molecule has 0 aromatic heterocycles. The first-order valence-corrected chi connectivity index (χ1v) is 11.2. The topological polar surface area (TPSA) is 110 Å². The molecule has 3 rings (SSSR count). The van der Waals surface area contributed by atoms with Crippen molar-refractivity contribution in [3.05, 3.63) is 70.8 Å². The van der Waals surface area contributed by atoms with Crippen molar-refractivity contribution >= 4 is 29.5 Å². The van der Waals surface area contributed by atoms with Gasteiger partial charge in [0, 0.05) is 19.0 Å². The molecular formula is C26H28N2O6. The molecule has 1 aliphatic rings. The molecule has 0 fully saturated rings. The number of ketones is 1. The summed E-state index contributed by atoms with van der Waals surface area (Å²) in [7, 11) is 0. The van der Waals surface area contributed by atoms with Gasteiger partial charge in [-0.2, -0.15) is 0 Å². The standard InChI is InChI=1S/C26H28N2O6/c1-16(2)14-22(28-24(31)20-6-4-5-7-21(20)25(28)32)26(33)34-15-23(30)19-10-8-18(9-11-19)12-13-27-17(3)29/h4-11,16,22H,12-15H2,1-3H3,(H,27,29)/t22-/m1/s1. The van der Waals surface area contributed by atoms with Gasteiger partial charge in [0.1, 0.15) is 6.04 Å². The van der Waals surface area contributed by atoms with E-state index in [1.165, 1.54) is 6.92 Å². The number of carbonyl (C=O) groups excluding carboxylic acids is 5. The minimum Gasteiger partial charge on any atom is -0.456 e. The van der Waals surface area contributed by atoms with Crippen molar-refractivity contribution in [1.29, 1.82) is 0 Å². The van der Waals surface area contributed by atoms with Crippen LogP contribution < -0.4 is 5.32 Å². The summed E-state index contributed by atoms with van der Waals surface area (Å²) >= 11 is 0. The lowest BCUT2D eigenvalue weighted by molar-refractivity contribution is -0.147. The minimum atomic E-state index is -1.11. The molecule has 8 heteroatoms. The third-order valence-electron chi connectivity index (χ3n) is 5.51. The van der Waals surface area contributed by atoms with Crippen molar-refractivity contribution in [3.8, 4) is 0 Å². The third-order valence-corrected chi connectivity index (χ3v) is 5.51. The maximum atomic E-state index is 12.9. The Kier molecular flexibility index (Phi) is 7.94. The highest BCUT2D eigenvalue weighted by atomic mass is 16.5. The second kappa shape index (κ2) is 10.9. The van der Waals surface area contributed by atoms with Gasteiger partial charge in [-0.15, -0.1) is 0 Å². The highest BCUT2D eigenvalue weighted by Gasteiger charge is 2.43. The van der Waals surface area contributed by atoms with Gasteiger partial charge in [-0.05, 0) is 36.5 Å². The SMILES string of the molecule is CC(=O)NCCc1ccc(C(=O)COC(=O)[C@@H](CC(C)C)N2C(=O)c3ccccc3C2=O)cc1. The number of fused-ring (bicyclic) bond motifs is 1. The number of nitrogens with one attached hydrogen (secondary N) is 1. The number of Topliss-reactive ketones (excluding diaryl/α,β-unsaturated/α-hetero) is 1. The van der Waals surface area contributed by atoms with Crippen LogP contribution in [0.25, 0.3) is 0 Å². The van der Waals surface area contributed by atoms with Crippen molar-refractivity contribution in [2.45, 2.75) is 39.7 Å². The van der Waals surface area contributed by atoms with Crippen LogP contribution in [0.5, 0.6) is 0 Å².